The van der Waals surface area contributed by atoms with Gasteiger partial charge in [0.25, 0.3) is 0 Å². The van der Waals surface area contributed by atoms with E-state index in [4.69, 9.17) is 4.74 Å². The molecule has 0 unspecified atom stereocenters. The number of carbonyl (C=O) groups excluding carboxylic acids is 1. The Morgan fingerprint density at radius 1 is 1.11 bits per heavy atom. The highest BCUT2D eigenvalue weighted by Crippen LogP contribution is 2.21. The van der Waals surface area contributed by atoms with Crippen molar-refractivity contribution in [1.82, 2.24) is 5.32 Å². The predicted octanol–water partition coefficient (Wildman–Crippen LogP) is 2.65. The van der Waals surface area contributed by atoms with Gasteiger partial charge in [0, 0.05) is 0 Å². The average molecular weight is 391 g/mol. The summed E-state index contributed by atoms with van der Waals surface area (Å²) < 4.78 is 31.2. The van der Waals surface area contributed by atoms with Gasteiger partial charge in [0.2, 0.25) is 15.9 Å². The summed E-state index contributed by atoms with van der Waals surface area (Å²) in [6.45, 7) is 6.13. The highest BCUT2D eigenvalue weighted by Gasteiger charge is 2.28. The molecule has 0 aliphatic carbocycles. The summed E-state index contributed by atoms with van der Waals surface area (Å²) in [5.74, 6) is 0.396. The fraction of sp³-hybridized carbons (Fsp3) is 0.350. The Labute approximate surface area is 161 Å². The fourth-order valence-corrected chi connectivity index (χ4v) is 3.92. The molecule has 2 aromatic carbocycles. The first-order chi connectivity index (χ1) is 12.7. The number of nitrogens with zero attached hydrogens (tertiary/aromatic N) is 1. The molecule has 0 radical (unpaired) electrons. The van der Waals surface area contributed by atoms with Crippen LogP contribution in [0.2, 0.25) is 0 Å². The molecular formula is C20H26N2O4S. The number of sulfonamides is 1. The SMILES string of the molecule is Cc1cccc(OCCNC(=O)[C@H](C)N(c2ccccc2)S(C)(=O)=O)c1C. The Morgan fingerprint density at radius 3 is 2.41 bits per heavy atom. The highest BCUT2D eigenvalue weighted by molar-refractivity contribution is 7.92. The molecule has 0 fully saturated rings. The van der Waals surface area contributed by atoms with E-state index in [1.54, 1.807) is 37.3 Å². The van der Waals surface area contributed by atoms with Crippen molar-refractivity contribution in [2.75, 3.05) is 23.7 Å². The Kier molecular flexibility index (Phi) is 6.85. The minimum Gasteiger partial charge on any atom is -0.491 e. The topological polar surface area (TPSA) is 75.7 Å². The Morgan fingerprint density at radius 2 is 1.78 bits per heavy atom. The van der Waals surface area contributed by atoms with Crippen LogP contribution in [0.3, 0.4) is 0 Å². The number of nitrogens with one attached hydrogen (secondary N) is 1. The normalized spacial score (nSPS) is 12.3. The smallest absolute Gasteiger partial charge is 0.243 e. The molecule has 2 aromatic rings. The van der Waals surface area contributed by atoms with Gasteiger partial charge in [0.1, 0.15) is 18.4 Å². The van der Waals surface area contributed by atoms with Crippen LogP contribution in [-0.4, -0.2) is 39.8 Å². The zero-order valence-corrected chi connectivity index (χ0v) is 16.9. The zero-order chi connectivity index (χ0) is 20.0. The van der Waals surface area contributed by atoms with Crippen molar-refractivity contribution in [3.63, 3.8) is 0 Å². The van der Waals surface area contributed by atoms with E-state index in [1.165, 1.54) is 0 Å². The number of benzene rings is 2. The second-order valence-electron chi connectivity index (χ2n) is 6.41. The van der Waals surface area contributed by atoms with Crippen molar-refractivity contribution >= 4 is 21.6 Å². The molecular weight excluding hydrogens is 364 g/mol. The predicted molar refractivity (Wildman–Crippen MR) is 108 cm³/mol. The number of para-hydroxylation sites is 1. The molecule has 0 bridgehead atoms. The van der Waals surface area contributed by atoms with E-state index < -0.39 is 16.1 Å². The monoisotopic (exact) mass is 390 g/mol. The Bertz CT molecular complexity index is 882. The molecule has 0 aromatic heterocycles. The standard InChI is InChI=1S/C20H26N2O4S/c1-15-9-8-12-19(16(15)2)26-14-13-21-20(23)17(3)22(27(4,24)25)18-10-6-5-7-11-18/h5-12,17H,13-14H2,1-4H3,(H,21,23)/t17-/m0/s1. The lowest BCUT2D eigenvalue weighted by Gasteiger charge is -2.28. The molecule has 0 aliphatic rings. The van der Waals surface area contributed by atoms with Crippen molar-refractivity contribution < 1.29 is 17.9 Å². The van der Waals surface area contributed by atoms with E-state index in [0.29, 0.717) is 12.3 Å². The van der Waals surface area contributed by atoms with Gasteiger partial charge in [-0.05, 0) is 50.1 Å². The maximum atomic E-state index is 12.5. The second-order valence-corrected chi connectivity index (χ2v) is 8.27. The summed E-state index contributed by atoms with van der Waals surface area (Å²) in [6.07, 6.45) is 1.09. The quantitative estimate of drug-likeness (QED) is 0.703. The molecule has 1 amide bonds. The number of anilines is 1. The van der Waals surface area contributed by atoms with Crippen LogP contribution >= 0.6 is 0 Å². The number of hydrogen-bond donors (Lipinski definition) is 1. The van der Waals surface area contributed by atoms with Gasteiger partial charge in [-0.15, -0.1) is 0 Å². The fourth-order valence-electron chi connectivity index (χ4n) is 2.75. The van der Waals surface area contributed by atoms with Crippen LogP contribution < -0.4 is 14.4 Å². The maximum Gasteiger partial charge on any atom is 0.243 e. The molecule has 146 valence electrons. The summed E-state index contributed by atoms with van der Waals surface area (Å²) in [5.41, 5.74) is 2.65. The number of aryl methyl sites for hydroxylation is 1. The van der Waals surface area contributed by atoms with Gasteiger partial charge in [-0.25, -0.2) is 8.42 Å². The Balaban J connectivity index is 1.96. The summed E-state index contributed by atoms with van der Waals surface area (Å²) >= 11 is 0. The van der Waals surface area contributed by atoms with Crippen molar-refractivity contribution in [2.24, 2.45) is 0 Å². The lowest BCUT2D eigenvalue weighted by molar-refractivity contribution is -0.121. The number of hydrogen-bond acceptors (Lipinski definition) is 4. The average Bonchev–Trinajstić information content (AvgIpc) is 2.61. The van der Waals surface area contributed by atoms with E-state index in [2.05, 4.69) is 5.32 Å². The molecule has 27 heavy (non-hydrogen) atoms. The number of carbonyl (C=O) groups is 1. The van der Waals surface area contributed by atoms with Crippen molar-refractivity contribution in [3.05, 3.63) is 59.7 Å². The molecule has 6 nitrogen and oxygen atoms in total. The largest absolute Gasteiger partial charge is 0.491 e. The molecule has 0 heterocycles. The van der Waals surface area contributed by atoms with Crippen molar-refractivity contribution in [3.8, 4) is 5.75 Å². The Hall–Kier alpha value is -2.54. The molecule has 0 saturated heterocycles. The first-order valence-electron chi connectivity index (χ1n) is 8.73. The van der Waals surface area contributed by atoms with Gasteiger partial charge in [-0.3, -0.25) is 9.10 Å². The molecule has 1 N–H and O–H groups in total. The van der Waals surface area contributed by atoms with E-state index in [-0.39, 0.29) is 12.5 Å². The van der Waals surface area contributed by atoms with Crippen LogP contribution in [0.25, 0.3) is 0 Å². The van der Waals surface area contributed by atoms with Crippen molar-refractivity contribution in [1.29, 1.82) is 0 Å². The van der Waals surface area contributed by atoms with Crippen LogP contribution in [0.5, 0.6) is 5.75 Å². The summed E-state index contributed by atoms with van der Waals surface area (Å²) in [4.78, 5) is 12.5. The number of rotatable bonds is 8. The molecule has 1 atom stereocenters. The third kappa shape index (κ3) is 5.47. The van der Waals surface area contributed by atoms with Gasteiger partial charge in [0.15, 0.2) is 0 Å². The molecule has 2 rings (SSSR count). The third-order valence-electron chi connectivity index (χ3n) is 4.31. The minimum atomic E-state index is -3.60. The second kappa shape index (κ2) is 8.90. The van der Waals surface area contributed by atoms with Gasteiger partial charge in [-0.1, -0.05) is 30.3 Å². The van der Waals surface area contributed by atoms with E-state index in [0.717, 1.165) is 27.4 Å². The van der Waals surface area contributed by atoms with Gasteiger partial charge >= 0.3 is 0 Å². The third-order valence-corrected chi connectivity index (χ3v) is 5.55. The maximum absolute atomic E-state index is 12.5. The summed E-state index contributed by atoms with van der Waals surface area (Å²) in [6, 6.07) is 13.5. The van der Waals surface area contributed by atoms with Crippen LogP contribution in [0.4, 0.5) is 5.69 Å². The van der Waals surface area contributed by atoms with Crippen LogP contribution in [0.1, 0.15) is 18.1 Å². The highest BCUT2D eigenvalue weighted by atomic mass is 32.2. The van der Waals surface area contributed by atoms with Gasteiger partial charge in [0.05, 0.1) is 18.5 Å². The lowest BCUT2D eigenvalue weighted by Crippen LogP contribution is -2.48. The van der Waals surface area contributed by atoms with Gasteiger partial charge in [-0.2, -0.15) is 0 Å². The van der Waals surface area contributed by atoms with Crippen molar-refractivity contribution in [2.45, 2.75) is 26.8 Å². The van der Waals surface area contributed by atoms with Gasteiger partial charge < -0.3 is 10.1 Å². The zero-order valence-electron chi connectivity index (χ0n) is 16.1. The van der Waals surface area contributed by atoms with E-state index in [9.17, 15) is 13.2 Å². The molecule has 0 spiro atoms. The van der Waals surface area contributed by atoms with Crippen LogP contribution in [-0.2, 0) is 14.8 Å². The lowest BCUT2D eigenvalue weighted by atomic mass is 10.1. The molecule has 0 saturated carbocycles. The number of ether oxygens (including phenoxy) is 1. The summed E-state index contributed by atoms with van der Waals surface area (Å²) in [7, 11) is -3.60. The first-order valence-corrected chi connectivity index (χ1v) is 10.6. The first kappa shape index (κ1) is 20.8. The number of amides is 1. The molecule has 0 aliphatic heterocycles. The van der Waals surface area contributed by atoms with E-state index >= 15 is 0 Å². The minimum absolute atomic E-state index is 0.281. The van der Waals surface area contributed by atoms with Crippen LogP contribution in [0, 0.1) is 13.8 Å². The molecule has 7 heteroatoms. The summed E-state index contributed by atoms with van der Waals surface area (Å²) in [5, 5.41) is 2.74. The van der Waals surface area contributed by atoms with Crippen LogP contribution in [0.15, 0.2) is 48.5 Å². The van der Waals surface area contributed by atoms with E-state index in [1.807, 2.05) is 32.0 Å².